The second-order valence-corrected chi connectivity index (χ2v) is 5.89. The quantitative estimate of drug-likeness (QED) is 0.779. The maximum absolute atomic E-state index is 11.2. The SMILES string of the molecule is CC(N)(CO)c1ccc(S(C)(=O)=O)cc1. The van der Waals surface area contributed by atoms with Gasteiger partial charge >= 0.3 is 0 Å². The summed E-state index contributed by atoms with van der Waals surface area (Å²) in [5.74, 6) is 0. The van der Waals surface area contributed by atoms with Crippen molar-refractivity contribution in [2.24, 2.45) is 5.73 Å². The van der Waals surface area contributed by atoms with Crippen molar-refractivity contribution in [3.8, 4) is 0 Å². The molecule has 1 atom stereocenters. The number of hydrogen-bond donors (Lipinski definition) is 2. The third-order valence-electron chi connectivity index (χ3n) is 2.27. The summed E-state index contributed by atoms with van der Waals surface area (Å²) >= 11 is 0. The molecular formula is C10H15NO3S. The number of rotatable bonds is 3. The molecule has 0 saturated carbocycles. The zero-order chi connectivity index (χ0) is 11.7. The third kappa shape index (κ3) is 2.77. The summed E-state index contributed by atoms with van der Waals surface area (Å²) in [6.07, 6.45) is 1.15. The monoisotopic (exact) mass is 229 g/mol. The van der Waals surface area contributed by atoms with E-state index in [1.807, 2.05) is 0 Å². The molecule has 0 aliphatic heterocycles. The molecule has 0 fully saturated rings. The molecule has 1 unspecified atom stereocenters. The lowest BCUT2D eigenvalue weighted by molar-refractivity contribution is 0.210. The van der Waals surface area contributed by atoms with Gasteiger partial charge in [-0.3, -0.25) is 0 Å². The number of aliphatic hydroxyl groups excluding tert-OH is 1. The first-order chi connectivity index (χ1) is 6.77. The van der Waals surface area contributed by atoms with E-state index in [0.717, 1.165) is 6.26 Å². The molecule has 0 amide bonds. The minimum Gasteiger partial charge on any atom is -0.394 e. The molecule has 0 spiro atoms. The molecule has 1 aromatic rings. The van der Waals surface area contributed by atoms with E-state index in [1.54, 1.807) is 19.1 Å². The van der Waals surface area contributed by atoms with Crippen LogP contribution in [0.4, 0.5) is 0 Å². The molecule has 3 N–H and O–H groups in total. The molecule has 1 aromatic carbocycles. The maximum Gasteiger partial charge on any atom is 0.175 e. The molecule has 84 valence electrons. The molecular weight excluding hydrogens is 214 g/mol. The second-order valence-electron chi connectivity index (χ2n) is 3.87. The topological polar surface area (TPSA) is 80.4 Å². The van der Waals surface area contributed by atoms with Crippen molar-refractivity contribution >= 4 is 9.84 Å². The van der Waals surface area contributed by atoms with Gasteiger partial charge in [-0.1, -0.05) is 12.1 Å². The summed E-state index contributed by atoms with van der Waals surface area (Å²) in [6.45, 7) is 1.49. The molecule has 5 heteroatoms. The highest BCUT2D eigenvalue weighted by molar-refractivity contribution is 7.90. The minimum atomic E-state index is -3.18. The van der Waals surface area contributed by atoms with Gasteiger partial charge in [0.05, 0.1) is 17.0 Å². The predicted octanol–water partition coefficient (Wildman–Crippen LogP) is 0.256. The highest BCUT2D eigenvalue weighted by Gasteiger charge is 2.20. The Kier molecular flexibility index (Phi) is 3.18. The largest absolute Gasteiger partial charge is 0.394 e. The second kappa shape index (κ2) is 3.92. The van der Waals surface area contributed by atoms with Crippen LogP contribution in [0.2, 0.25) is 0 Å². The summed E-state index contributed by atoms with van der Waals surface area (Å²) in [5.41, 5.74) is 5.67. The van der Waals surface area contributed by atoms with Gasteiger partial charge in [0.2, 0.25) is 0 Å². The fraction of sp³-hybridized carbons (Fsp3) is 0.400. The number of benzene rings is 1. The first-order valence-corrected chi connectivity index (χ1v) is 6.37. The van der Waals surface area contributed by atoms with Crippen LogP contribution in [-0.4, -0.2) is 26.4 Å². The van der Waals surface area contributed by atoms with Crippen molar-refractivity contribution in [1.82, 2.24) is 0 Å². The van der Waals surface area contributed by atoms with Crippen LogP contribution in [0.15, 0.2) is 29.2 Å². The highest BCUT2D eigenvalue weighted by atomic mass is 32.2. The summed E-state index contributed by atoms with van der Waals surface area (Å²) in [7, 11) is -3.18. The smallest absolute Gasteiger partial charge is 0.175 e. The molecule has 0 aliphatic rings. The Balaban J connectivity index is 3.12. The van der Waals surface area contributed by atoms with Crippen molar-refractivity contribution in [3.05, 3.63) is 29.8 Å². The Morgan fingerprint density at radius 3 is 2.13 bits per heavy atom. The number of aliphatic hydroxyl groups is 1. The fourth-order valence-corrected chi connectivity index (χ4v) is 1.80. The molecule has 1 rings (SSSR count). The van der Waals surface area contributed by atoms with Gasteiger partial charge in [0.15, 0.2) is 9.84 Å². The van der Waals surface area contributed by atoms with Crippen LogP contribution in [0.1, 0.15) is 12.5 Å². The Labute approximate surface area is 89.7 Å². The zero-order valence-electron chi connectivity index (χ0n) is 8.77. The molecule has 0 saturated heterocycles. The normalized spacial score (nSPS) is 16.0. The van der Waals surface area contributed by atoms with E-state index in [4.69, 9.17) is 10.8 Å². The van der Waals surface area contributed by atoms with Gasteiger partial charge in [-0.25, -0.2) is 8.42 Å². The summed E-state index contributed by atoms with van der Waals surface area (Å²) in [4.78, 5) is 0.250. The van der Waals surface area contributed by atoms with Crippen molar-refractivity contribution in [1.29, 1.82) is 0 Å². The Hall–Kier alpha value is -0.910. The van der Waals surface area contributed by atoms with Gasteiger partial charge in [0.25, 0.3) is 0 Å². The van der Waals surface area contributed by atoms with Crippen LogP contribution < -0.4 is 5.73 Å². The first-order valence-electron chi connectivity index (χ1n) is 4.48. The van der Waals surface area contributed by atoms with Gasteiger partial charge in [0, 0.05) is 6.26 Å². The maximum atomic E-state index is 11.2. The highest BCUT2D eigenvalue weighted by Crippen LogP contribution is 2.19. The van der Waals surface area contributed by atoms with Gasteiger partial charge < -0.3 is 10.8 Å². The Morgan fingerprint density at radius 2 is 1.80 bits per heavy atom. The molecule has 15 heavy (non-hydrogen) atoms. The lowest BCUT2D eigenvalue weighted by atomic mass is 9.94. The van der Waals surface area contributed by atoms with Crippen LogP contribution in [0.5, 0.6) is 0 Å². The predicted molar refractivity (Wildman–Crippen MR) is 58.2 cm³/mol. The van der Waals surface area contributed by atoms with E-state index in [2.05, 4.69) is 0 Å². The van der Waals surface area contributed by atoms with Crippen molar-refractivity contribution in [3.63, 3.8) is 0 Å². The number of nitrogens with two attached hydrogens (primary N) is 1. The number of hydrogen-bond acceptors (Lipinski definition) is 4. The van der Waals surface area contributed by atoms with Crippen molar-refractivity contribution < 1.29 is 13.5 Å². The average molecular weight is 229 g/mol. The third-order valence-corrected chi connectivity index (χ3v) is 3.40. The molecule has 0 aromatic heterocycles. The van der Waals surface area contributed by atoms with Crippen LogP contribution in [0, 0.1) is 0 Å². The van der Waals surface area contributed by atoms with Gasteiger partial charge in [-0.15, -0.1) is 0 Å². The molecule has 0 aliphatic carbocycles. The van der Waals surface area contributed by atoms with Crippen LogP contribution >= 0.6 is 0 Å². The Morgan fingerprint density at radius 1 is 1.33 bits per heavy atom. The molecule has 0 heterocycles. The average Bonchev–Trinajstić information content (AvgIpc) is 2.17. The van der Waals surface area contributed by atoms with E-state index < -0.39 is 15.4 Å². The van der Waals surface area contributed by atoms with E-state index in [-0.39, 0.29) is 11.5 Å². The first kappa shape index (κ1) is 12.2. The lowest BCUT2D eigenvalue weighted by Crippen LogP contribution is -2.36. The summed E-state index contributed by atoms with van der Waals surface area (Å²) in [5, 5.41) is 9.03. The van der Waals surface area contributed by atoms with Gasteiger partial charge in [-0.2, -0.15) is 0 Å². The standard InChI is InChI=1S/C10H15NO3S/c1-10(11,7-12)8-3-5-9(6-4-8)15(2,13)14/h3-6,12H,7,11H2,1-2H3. The van der Waals surface area contributed by atoms with Crippen molar-refractivity contribution in [2.75, 3.05) is 12.9 Å². The van der Waals surface area contributed by atoms with Gasteiger partial charge in [-0.05, 0) is 24.6 Å². The lowest BCUT2D eigenvalue weighted by Gasteiger charge is -2.22. The summed E-state index contributed by atoms with van der Waals surface area (Å²) in [6, 6.07) is 6.22. The van der Waals surface area contributed by atoms with Gasteiger partial charge in [0.1, 0.15) is 0 Å². The van der Waals surface area contributed by atoms with Crippen LogP contribution in [-0.2, 0) is 15.4 Å². The van der Waals surface area contributed by atoms with Crippen molar-refractivity contribution in [2.45, 2.75) is 17.4 Å². The Bertz CT molecular complexity index is 434. The minimum absolute atomic E-state index is 0.189. The molecule has 0 radical (unpaired) electrons. The van der Waals surface area contributed by atoms with Crippen LogP contribution in [0.3, 0.4) is 0 Å². The number of sulfone groups is 1. The van der Waals surface area contributed by atoms with E-state index in [0.29, 0.717) is 5.56 Å². The zero-order valence-corrected chi connectivity index (χ0v) is 9.58. The van der Waals surface area contributed by atoms with E-state index in [9.17, 15) is 8.42 Å². The van der Waals surface area contributed by atoms with E-state index in [1.165, 1.54) is 12.1 Å². The van der Waals surface area contributed by atoms with Crippen LogP contribution in [0.25, 0.3) is 0 Å². The molecule has 0 bridgehead atoms. The fourth-order valence-electron chi connectivity index (χ4n) is 1.17. The van der Waals surface area contributed by atoms with E-state index >= 15 is 0 Å². The summed E-state index contributed by atoms with van der Waals surface area (Å²) < 4.78 is 22.4. The molecule has 4 nitrogen and oxygen atoms in total.